The lowest BCUT2D eigenvalue weighted by Gasteiger charge is -2.26. The van der Waals surface area contributed by atoms with Crippen molar-refractivity contribution in [3.63, 3.8) is 0 Å². The summed E-state index contributed by atoms with van der Waals surface area (Å²) in [5, 5.41) is 4.29. The Morgan fingerprint density at radius 3 is 2.86 bits per heavy atom. The highest BCUT2D eigenvalue weighted by Gasteiger charge is 2.21. The van der Waals surface area contributed by atoms with E-state index in [1.807, 2.05) is 18.2 Å². The molecule has 1 aromatic rings. The molecule has 0 aromatic heterocycles. The van der Waals surface area contributed by atoms with Gasteiger partial charge in [-0.25, -0.2) is 0 Å². The minimum atomic E-state index is 0.669. The first-order valence-electron chi connectivity index (χ1n) is 7.76. The van der Waals surface area contributed by atoms with Crippen molar-refractivity contribution in [2.75, 3.05) is 39.5 Å². The zero-order chi connectivity index (χ0) is 14.5. The monoisotopic (exact) mass is 310 g/mol. The molecule has 0 atom stereocenters. The van der Waals surface area contributed by atoms with Gasteiger partial charge in [-0.15, -0.1) is 0 Å². The van der Waals surface area contributed by atoms with E-state index >= 15 is 0 Å². The van der Waals surface area contributed by atoms with E-state index in [1.165, 1.54) is 12.8 Å². The molecule has 0 radical (unpaired) electrons. The van der Waals surface area contributed by atoms with E-state index in [2.05, 4.69) is 10.2 Å². The third-order valence-corrected chi connectivity index (χ3v) is 4.34. The van der Waals surface area contributed by atoms with Crippen LogP contribution < -0.4 is 10.1 Å². The van der Waals surface area contributed by atoms with Gasteiger partial charge in [-0.2, -0.15) is 0 Å². The lowest BCUT2D eigenvalue weighted by molar-refractivity contribution is 0.0322. The molecule has 116 valence electrons. The molecule has 5 heteroatoms. The van der Waals surface area contributed by atoms with Crippen LogP contribution in [0.15, 0.2) is 18.2 Å². The maximum absolute atomic E-state index is 6.31. The Labute approximate surface area is 131 Å². The molecule has 0 unspecified atom stereocenters. The van der Waals surface area contributed by atoms with Crippen molar-refractivity contribution >= 4 is 11.6 Å². The molecule has 3 rings (SSSR count). The molecule has 0 amide bonds. The Morgan fingerprint density at radius 1 is 1.29 bits per heavy atom. The van der Waals surface area contributed by atoms with Crippen LogP contribution >= 0.6 is 11.6 Å². The van der Waals surface area contributed by atoms with E-state index in [-0.39, 0.29) is 0 Å². The molecule has 2 fully saturated rings. The SMILES string of the molecule is Clc1cccc(OCCN2CCOCC2)c1CNC1CC1. The number of benzene rings is 1. The van der Waals surface area contributed by atoms with Gasteiger partial charge in [0.25, 0.3) is 0 Å². The topological polar surface area (TPSA) is 33.7 Å². The third kappa shape index (κ3) is 4.58. The highest BCUT2D eigenvalue weighted by atomic mass is 35.5. The number of nitrogens with one attached hydrogen (secondary N) is 1. The Hall–Kier alpha value is -0.810. The van der Waals surface area contributed by atoms with E-state index in [0.717, 1.165) is 55.7 Å². The molecule has 21 heavy (non-hydrogen) atoms. The maximum Gasteiger partial charge on any atom is 0.125 e. The van der Waals surface area contributed by atoms with Gasteiger partial charge in [0, 0.05) is 42.8 Å². The Morgan fingerprint density at radius 2 is 2.10 bits per heavy atom. The van der Waals surface area contributed by atoms with Gasteiger partial charge in [0.05, 0.1) is 13.2 Å². The van der Waals surface area contributed by atoms with E-state index < -0.39 is 0 Å². The van der Waals surface area contributed by atoms with Gasteiger partial charge < -0.3 is 14.8 Å². The van der Waals surface area contributed by atoms with Gasteiger partial charge in [0.15, 0.2) is 0 Å². The number of ether oxygens (including phenoxy) is 2. The number of nitrogens with zero attached hydrogens (tertiary/aromatic N) is 1. The van der Waals surface area contributed by atoms with E-state index in [9.17, 15) is 0 Å². The predicted octanol–water partition coefficient (Wildman–Crippen LogP) is 2.30. The molecule has 1 saturated carbocycles. The van der Waals surface area contributed by atoms with Crippen molar-refractivity contribution in [1.29, 1.82) is 0 Å². The Balaban J connectivity index is 1.51. The van der Waals surface area contributed by atoms with Gasteiger partial charge in [0.2, 0.25) is 0 Å². The van der Waals surface area contributed by atoms with Crippen molar-refractivity contribution in [1.82, 2.24) is 10.2 Å². The smallest absolute Gasteiger partial charge is 0.125 e. The summed E-state index contributed by atoms with van der Waals surface area (Å²) in [7, 11) is 0. The molecular formula is C16H23ClN2O2. The molecule has 4 nitrogen and oxygen atoms in total. The van der Waals surface area contributed by atoms with Crippen molar-refractivity contribution < 1.29 is 9.47 Å². The van der Waals surface area contributed by atoms with Crippen LogP contribution in [-0.2, 0) is 11.3 Å². The van der Waals surface area contributed by atoms with Crippen LogP contribution in [0.5, 0.6) is 5.75 Å². The lowest BCUT2D eigenvalue weighted by atomic mass is 10.2. The number of hydrogen-bond acceptors (Lipinski definition) is 4. The molecule has 1 aromatic carbocycles. The highest BCUT2D eigenvalue weighted by Crippen LogP contribution is 2.28. The van der Waals surface area contributed by atoms with Crippen molar-refractivity contribution in [3.05, 3.63) is 28.8 Å². The fourth-order valence-electron chi connectivity index (χ4n) is 2.49. The molecular weight excluding hydrogens is 288 g/mol. The minimum absolute atomic E-state index is 0.669. The molecule has 1 aliphatic heterocycles. The summed E-state index contributed by atoms with van der Waals surface area (Å²) in [4.78, 5) is 2.37. The van der Waals surface area contributed by atoms with E-state index in [0.29, 0.717) is 12.6 Å². The zero-order valence-corrected chi connectivity index (χ0v) is 13.1. The Bertz CT molecular complexity index is 460. The van der Waals surface area contributed by atoms with Gasteiger partial charge in [-0.05, 0) is 25.0 Å². The van der Waals surface area contributed by atoms with E-state index in [4.69, 9.17) is 21.1 Å². The van der Waals surface area contributed by atoms with Crippen molar-refractivity contribution in [2.24, 2.45) is 0 Å². The van der Waals surface area contributed by atoms with Gasteiger partial charge >= 0.3 is 0 Å². The average molecular weight is 311 g/mol. The first-order chi connectivity index (χ1) is 10.3. The molecule has 1 saturated heterocycles. The first kappa shape index (κ1) is 15.1. The first-order valence-corrected chi connectivity index (χ1v) is 8.14. The second kappa shape index (κ2) is 7.45. The van der Waals surface area contributed by atoms with E-state index in [1.54, 1.807) is 0 Å². The molecule has 1 aliphatic carbocycles. The lowest BCUT2D eigenvalue weighted by Crippen LogP contribution is -2.38. The van der Waals surface area contributed by atoms with Crippen LogP contribution in [0.4, 0.5) is 0 Å². The zero-order valence-electron chi connectivity index (χ0n) is 12.3. The summed E-state index contributed by atoms with van der Waals surface area (Å²) in [5.74, 6) is 0.906. The molecule has 1 N–H and O–H groups in total. The number of rotatable bonds is 7. The highest BCUT2D eigenvalue weighted by molar-refractivity contribution is 6.31. The molecule has 1 heterocycles. The predicted molar refractivity (Wildman–Crippen MR) is 84.1 cm³/mol. The normalized spacial score (nSPS) is 19.7. The largest absolute Gasteiger partial charge is 0.492 e. The number of halogens is 1. The average Bonchev–Trinajstić information content (AvgIpc) is 3.32. The molecule has 0 bridgehead atoms. The fourth-order valence-corrected chi connectivity index (χ4v) is 2.72. The van der Waals surface area contributed by atoms with Gasteiger partial charge in [-0.3, -0.25) is 4.90 Å². The minimum Gasteiger partial charge on any atom is -0.492 e. The standard InChI is InChI=1S/C16H23ClN2O2/c17-15-2-1-3-16(14(15)12-18-13-4-5-13)21-11-8-19-6-9-20-10-7-19/h1-3,13,18H,4-12H2. The van der Waals surface area contributed by atoms with Crippen LogP contribution in [0.2, 0.25) is 5.02 Å². The number of morpholine rings is 1. The summed E-state index contributed by atoms with van der Waals surface area (Å²) < 4.78 is 11.3. The second-order valence-electron chi connectivity index (χ2n) is 5.67. The van der Waals surface area contributed by atoms with Gasteiger partial charge in [0.1, 0.15) is 12.4 Å². The number of hydrogen-bond donors (Lipinski definition) is 1. The van der Waals surface area contributed by atoms with Crippen LogP contribution in [0.25, 0.3) is 0 Å². The van der Waals surface area contributed by atoms with Crippen molar-refractivity contribution in [2.45, 2.75) is 25.4 Å². The molecule has 0 spiro atoms. The van der Waals surface area contributed by atoms with Gasteiger partial charge in [-0.1, -0.05) is 17.7 Å². The van der Waals surface area contributed by atoms with Crippen LogP contribution in [0.3, 0.4) is 0 Å². The summed E-state index contributed by atoms with van der Waals surface area (Å²) in [6.45, 7) is 6.06. The maximum atomic E-state index is 6.31. The quantitative estimate of drug-likeness (QED) is 0.838. The van der Waals surface area contributed by atoms with Crippen LogP contribution in [0.1, 0.15) is 18.4 Å². The summed E-state index contributed by atoms with van der Waals surface area (Å²) in [6.07, 6.45) is 2.55. The summed E-state index contributed by atoms with van der Waals surface area (Å²) >= 11 is 6.31. The molecule has 2 aliphatic rings. The van der Waals surface area contributed by atoms with Crippen LogP contribution in [-0.4, -0.2) is 50.4 Å². The second-order valence-corrected chi connectivity index (χ2v) is 6.08. The van der Waals surface area contributed by atoms with Crippen LogP contribution in [0, 0.1) is 0 Å². The van der Waals surface area contributed by atoms with Crippen molar-refractivity contribution in [3.8, 4) is 5.75 Å². The Kier molecular flexibility index (Phi) is 5.36. The summed E-state index contributed by atoms with van der Waals surface area (Å²) in [5.41, 5.74) is 1.08. The third-order valence-electron chi connectivity index (χ3n) is 3.99. The fraction of sp³-hybridized carbons (Fsp3) is 0.625. The summed E-state index contributed by atoms with van der Waals surface area (Å²) in [6, 6.07) is 6.56.